The molecule has 0 saturated carbocycles. The third kappa shape index (κ3) is 7.27. The molecule has 0 fully saturated rings. The van der Waals surface area contributed by atoms with Crippen LogP contribution in [0.3, 0.4) is 0 Å². The van der Waals surface area contributed by atoms with E-state index < -0.39 is 16.0 Å². The van der Waals surface area contributed by atoms with E-state index in [4.69, 9.17) is 0 Å². The van der Waals surface area contributed by atoms with Gasteiger partial charge in [0.05, 0.1) is 12.9 Å². The third-order valence-electron chi connectivity index (χ3n) is 1.04. The Morgan fingerprint density at radius 2 is 2.09 bits per heavy atom. The number of esters is 1. The first-order valence-electron chi connectivity index (χ1n) is 3.03. The number of primary sulfonamides is 1. The molecule has 0 spiro atoms. The van der Waals surface area contributed by atoms with Crippen molar-refractivity contribution in [3.63, 3.8) is 0 Å². The molecule has 66 valence electrons. The van der Waals surface area contributed by atoms with Crippen molar-refractivity contribution in [3.05, 3.63) is 0 Å². The quantitative estimate of drug-likeness (QED) is 0.577. The van der Waals surface area contributed by atoms with Crippen molar-refractivity contribution in [2.45, 2.75) is 12.8 Å². The zero-order chi connectivity index (χ0) is 8.91. The Labute approximate surface area is 65.6 Å². The Morgan fingerprint density at radius 3 is 2.45 bits per heavy atom. The summed E-state index contributed by atoms with van der Waals surface area (Å²) in [7, 11) is -2.19. The summed E-state index contributed by atoms with van der Waals surface area (Å²) in [5.74, 6) is -0.601. The van der Waals surface area contributed by atoms with Crippen molar-refractivity contribution < 1.29 is 17.9 Å². The number of nitrogens with two attached hydrogens (primary N) is 1. The second kappa shape index (κ2) is 4.30. The van der Waals surface area contributed by atoms with Crippen molar-refractivity contribution in [1.29, 1.82) is 0 Å². The highest BCUT2D eigenvalue weighted by atomic mass is 32.2. The molecule has 0 radical (unpaired) electrons. The van der Waals surface area contributed by atoms with Gasteiger partial charge in [-0.3, -0.25) is 4.79 Å². The fourth-order valence-corrected chi connectivity index (χ4v) is 1.07. The summed E-state index contributed by atoms with van der Waals surface area (Å²) in [6, 6.07) is 0. The van der Waals surface area contributed by atoms with Crippen LogP contribution in [0.5, 0.6) is 0 Å². The van der Waals surface area contributed by atoms with Crippen LogP contribution >= 0.6 is 0 Å². The number of rotatable bonds is 4. The number of methoxy groups -OCH3 is 1. The molecule has 0 heterocycles. The molecule has 6 heteroatoms. The molecule has 0 aliphatic rings. The molecule has 2 N–H and O–H groups in total. The Kier molecular flexibility index (Phi) is 4.06. The Hall–Kier alpha value is -0.620. The van der Waals surface area contributed by atoms with Crippen molar-refractivity contribution >= 4 is 16.0 Å². The average Bonchev–Trinajstić information content (AvgIpc) is 1.85. The Balaban J connectivity index is 3.51. The Bertz CT molecular complexity index is 221. The van der Waals surface area contributed by atoms with Gasteiger partial charge in [-0.05, 0) is 6.42 Å². The highest BCUT2D eigenvalue weighted by molar-refractivity contribution is 7.89. The molecule has 0 aliphatic carbocycles. The number of carbonyl (C=O) groups is 1. The fourth-order valence-electron chi connectivity index (χ4n) is 0.520. The van der Waals surface area contributed by atoms with Gasteiger partial charge in [-0.1, -0.05) is 0 Å². The molecule has 0 saturated heterocycles. The van der Waals surface area contributed by atoms with Crippen LogP contribution in [0.15, 0.2) is 0 Å². The highest BCUT2D eigenvalue weighted by Crippen LogP contribution is 1.93. The van der Waals surface area contributed by atoms with Crippen molar-refractivity contribution in [2.24, 2.45) is 5.14 Å². The van der Waals surface area contributed by atoms with E-state index in [0.717, 1.165) is 0 Å². The van der Waals surface area contributed by atoms with Crippen LogP contribution in [0.25, 0.3) is 0 Å². The summed E-state index contributed by atoms with van der Waals surface area (Å²) in [5.41, 5.74) is 0. The maximum absolute atomic E-state index is 10.4. The number of carbonyl (C=O) groups excluding carboxylic acids is 1. The molecule has 0 rings (SSSR count). The fraction of sp³-hybridized carbons (Fsp3) is 0.800. The lowest BCUT2D eigenvalue weighted by Gasteiger charge is -1.97. The number of hydrogen-bond acceptors (Lipinski definition) is 4. The monoisotopic (exact) mass is 181 g/mol. The zero-order valence-electron chi connectivity index (χ0n) is 6.24. The molecular formula is C5H11NO4S. The normalized spacial score (nSPS) is 11.1. The maximum Gasteiger partial charge on any atom is 0.305 e. The molecule has 0 aromatic rings. The topological polar surface area (TPSA) is 86.5 Å². The van der Waals surface area contributed by atoms with Gasteiger partial charge in [0.25, 0.3) is 0 Å². The van der Waals surface area contributed by atoms with Crippen LogP contribution in [0.2, 0.25) is 0 Å². The second-order valence-electron chi connectivity index (χ2n) is 2.05. The van der Waals surface area contributed by atoms with Gasteiger partial charge in [0.15, 0.2) is 0 Å². The smallest absolute Gasteiger partial charge is 0.305 e. The van der Waals surface area contributed by atoms with Crippen LogP contribution in [-0.4, -0.2) is 27.2 Å². The molecule has 0 bridgehead atoms. The second-order valence-corrected chi connectivity index (χ2v) is 3.78. The van der Waals surface area contributed by atoms with E-state index in [0.29, 0.717) is 0 Å². The zero-order valence-corrected chi connectivity index (χ0v) is 7.06. The van der Waals surface area contributed by atoms with E-state index in [1.165, 1.54) is 7.11 Å². The van der Waals surface area contributed by atoms with E-state index in [-0.39, 0.29) is 18.6 Å². The van der Waals surface area contributed by atoms with Gasteiger partial charge >= 0.3 is 5.97 Å². The number of ether oxygens (including phenoxy) is 1. The van der Waals surface area contributed by atoms with E-state index >= 15 is 0 Å². The SMILES string of the molecule is COC(=O)CCCS(N)(=O)=O. The highest BCUT2D eigenvalue weighted by Gasteiger charge is 2.05. The molecule has 0 amide bonds. The van der Waals surface area contributed by atoms with Crippen molar-refractivity contribution in [1.82, 2.24) is 0 Å². The summed E-state index contributed by atoms with van der Waals surface area (Å²) in [6.07, 6.45) is 0.304. The van der Waals surface area contributed by atoms with Crippen LogP contribution in [0.4, 0.5) is 0 Å². The van der Waals surface area contributed by atoms with E-state index in [1.54, 1.807) is 0 Å². The van der Waals surface area contributed by atoms with Crippen molar-refractivity contribution in [2.75, 3.05) is 12.9 Å². The van der Waals surface area contributed by atoms with Gasteiger partial charge in [-0.25, -0.2) is 13.6 Å². The van der Waals surface area contributed by atoms with E-state index in [2.05, 4.69) is 9.88 Å². The predicted octanol–water partition coefficient (Wildman–Crippen LogP) is -0.772. The van der Waals surface area contributed by atoms with Gasteiger partial charge in [0.2, 0.25) is 10.0 Å². The lowest BCUT2D eigenvalue weighted by molar-refractivity contribution is -0.140. The third-order valence-corrected chi connectivity index (χ3v) is 1.90. The standard InChI is InChI=1S/C5H11NO4S/c1-10-5(7)3-2-4-11(6,8)9/h2-4H2,1H3,(H2,6,8,9). The summed E-state index contributed by atoms with van der Waals surface area (Å²) in [5, 5.41) is 4.68. The summed E-state index contributed by atoms with van der Waals surface area (Å²) in [4.78, 5) is 10.4. The minimum atomic E-state index is -3.44. The minimum Gasteiger partial charge on any atom is -0.469 e. The van der Waals surface area contributed by atoms with Gasteiger partial charge < -0.3 is 4.74 Å². The molecule has 0 aromatic carbocycles. The predicted molar refractivity (Wildman–Crippen MR) is 39.2 cm³/mol. The van der Waals surface area contributed by atoms with Crippen LogP contribution < -0.4 is 5.14 Å². The molecule has 0 atom stereocenters. The van der Waals surface area contributed by atoms with Crippen molar-refractivity contribution in [3.8, 4) is 0 Å². The van der Waals surface area contributed by atoms with Crippen LogP contribution in [0.1, 0.15) is 12.8 Å². The first-order chi connectivity index (χ1) is 4.95. The summed E-state index contributed by atoms with van der Waals surface area (Å²) >= 11 is 0. The summed E-state index contributed by atoms with van der Waals surface area (Å²) in [6.45, 7) is 0. The summed E-state index contributed by atoms with van der Waals surface area (Å²) < 4.78 is 24.9. The van der Waals surface area contributed by atoms with Gasteiger partial charge in [-0.15, -0.1) is 0 Å². The molecule has 5 nitrogen and oxygen atoms in total. The molecule has 0 aliphatic heterocycles. The van der Waals surface area contributed by atoms with E-state index in [1.807, 2.05) is 0 Å². The van der Waals surface area contributed by atoms with Gasteiger partial charge in [0, 0.05) is 6.42 Å². The molecular weight excluding hydrogens is 170 g/mol. The number of sulfonamides is 1. The van der Waals surface area contributed by atoms with Gasteiger partial charge in [0.1, 0.15) is 0 Å². The Morgan fingerprint density at radius 1 is 1.55 bits per heavy atom. The first kappa shape index (κ1) is 10.4. The van der Waals surface area contributed by atoms with Crippen LogP contribution in [0, 0.1) is 0 Å². The average molecular weight is 181 g/mol. The van der Waals surface area contributed by atoms with Crippen LogP contribution in [-0.2, 0) is 19.6 Å². The maximum atomic E-state index is 10.4. The molecule has 0 aromatic heterocycles. The number of hydrogen-bond donors (Lipinski definition) is 1. The minimum absolute atomic E-state index is 0.0902. The molecule has 0 unspecified atom stereocenters. The molecule has 11 heavy (non-hydrogen) atoms. The largest absolute Gasteiger partial charge is 0.469 e. The van der Waals surface area contributed by atoms with E-state index in [9.17, 15) is 13.2 Å². The lowest BCUT2D eigenvalue weighted by atomic mass is 10.3. The van der Waals surface area contributed by atoms with Gasteiger partial charge in [-0.2, -0.15) is 0 Å². The first-order valence-corrected chi connectivity index (χ1v) is 4.74. The lowest BCUT2D eigenvalue weighted by Crippen LogP contribution is -2.17.